The molecule has 0 bridgehead atoms. The Hall–Kier alpha value is -3.18. The fraction of sp³-hybridized carbons (Fsp3) is 0.500. The number of alkyl halides is 2. The van der Waals surface area contributed by atoms with Gasteiger partial charge in [0.1, 0.15) is 22.6 Å². The summed E-state index contributed by atoms with van der Waals surface area (Å²) in [4.78, 5) is 6.45. The van der Waals surface area contributed by atoms with Crippen molar-refractivity contribution in [2.24, 2.45) is 5.41 Å². The summed E-state index contributed by atoms with van der Waals surface area (Å²) in [5.74, 6) is -4.76. The zero-order valence-electron chi connectivity index (χ0n) is 21.1. The Balaban J connectivity index is 1.50. The third-order valence-electron chi connectivity index (χ3n) is 7.43. The molecule has 3 aromatic rings. The molecule has 2 fully saturated rings. The summed E-state index contributed by atoms with van der Waals surface area (Å²) in [7, 11) is 0. The van der Waals surface area contributed by atoms with Crippen LogP contribution in [0.15, 0.2) is 24.3 Å². The van der Waals surface area contributed by atoms with Crippen LogP contribution in [0.1, 0.15) is 50.1 Å². The van der Waals surface area contributed by atoms with E-state index in [2.05, 4.69) is 25.4 Å². The molecule has 1 atom stereocenters. The average molecular weight is 518 g/mol. The first-order valence-corrected chi connectivity index (χ1v) is 12.2. The van der Waals surface area contributed by atoms with Crippen LogP contribution in [0.4, 0.5) is 24.7 Å². The SMILES string of the molecule is Cc1nnc(N[C@H](C)c2cccc(C(F)(F)C(C)(C)O)c2F)c2cc(N3CCC4(COC4)C3)c(O)nc12. The Bertz CT molecular complexity index is 1360. The van der Waals surface area contributed by atoms with Crippen LogP contribution in [0.3, 0.4) is 0 Å². The van der Waals surface area contributed by atoms with E-state index in [1.165, 1.54) is 12.1 Å². The number of anilines is 2. The van der Waals surface area contributed by atoms with Gasteiger partial charge < -0.3 is 25.2 Å². The highest BCUT2D eigenvalue weighted by atomic mass is 19.3. The van der Waals surface area contributed by atoms with Crippen LogP contribution in [-0.2, 0) is 10.7 Å². The Morgan fingerprint density at radius 3 is 2.57 bits per heavy atom. The molecule has 0 saturated carbocycles. The Kier molecular flexibility index (Phi) is 5.99. The largest absolute Gasteiger partial charge is 0.492 e. The quantitative estimate of drug-likeness (QED) is 0.441. The second-order valence-electron chi connectivity index (χ2n) is 10.7. The molecule has 198 valence electrons. The van der Waals surface area contributed by atoms with Crippen molar-refractivity contribution in [1.82, 2.24) is 15.2 Å². The Labute approximate surface area is 212 Å². The Morgan fingerprint density at radius 2 is 1.95 bits per heavy atom. The number of aliphatic hydroxyl groups is 1. The van der Waals surface area contributed by atoms with Gasteiger partial charge in [-0.15, -0.1) is 5.10 Å². The van der Waals surface area contributed by atoms with Crippen molar-refractivity contribution >= 4 is 22.4 Å². The average Bonchev–Trinajstić information content (AvgIpc) is 3.26. The van der Waals surface area contributed by atoms with Gasteiger partial charge in [0.2, 0.25) is 5.88 Å². The molecule has 2 aliphatic heterocycles. The lowest BCUT2D eigenvalue weighted by Gasteiger charge is -2.37. The van der Waals surface area contributed by atoms with Crippen molar-refractivity contribution in [2.45, 2.75) is 51.7 Å². The van der Waals surface area contributed by atoms with E-state index in [1.54, 1.807) is 19.9 Å². The lowest BCUT2D eigenvalue weighted by atomic mass is 9.85. The molecule has 5 rings (SSSR count). The summed E-state index contributed by atoms with van der Waals surface area (Å²) >= 11 is 0. The molecular weight excluding hydrogens is 487 g/mol. The van der Waals surface area contributed by atoms with E-state index in [0.717, 1.165) is 39.4 Å². The maximum atomic E-state index is 15.3. The van der Waals surface area contributed by atoms with Crippen molar-refractivity contribution in [2.75, 3.05) is 36.5 Å². The fourth-order valence-electron chi connectivity index (χ4n) is 5.02. The summed E-state index contributed by atoms with van der Waals surface area (Å²) in [5, 5.41) is 32.7. The molecule has 0 aliphatic carbocycles. The first-order valence-electron chi connectivity index (χ1n) is 12.2. The number of aryl methyl sites for hydroxylation is 1. The minimum absolute atomic E-state index is 0.0182. The highest BCUT2D eigenvalue weighted by Gasteiger charge is 2.49. The molecule has 8 nitrogen and oxygen atoms in total. The zero-order chi connectivity index (χ0) is 26.8. The van der Waals surface area contributed by atoms with Crippen LogP contribution in [0.25, 0.3) is 10.9 Å². The third kappa shape index (κ3) is 4.23. The minimum atomic E-state index is -3.81. The van der Waals surface area contributed by atoms with Crippen LogP contribution in [0.2, 0.25) is 0 Å². The molecule has 11 heteroatoms. The first kappa shape index (κ1) is 25.5. The van der Waals surface area contributed by atoms with Crippen molar-refractivity contribution < 1.29 is 28.1 Å². The lowest BCUT2D eigenvalue weighted by Crippen LogP contribution is -2.44. The predicted molar refractivity (Wildman–Crippen MR) is 132 cm³/mol. The summed E-state index contributed by atoms with van der Waals surface area (Å²) in [5.41, 5.74) is -1.79. The van der Waals surface area contributed by atoms with Crippen LogP contribution >= 0.6 is 0 Å². The van der Waals surface area contributed by atoms with Gasteiger partial charge in [-0.3, -0.25) is 0 Å². The van der Waals surface area contributed by atoms with Crippen molar-refractivity contribution in [1.29, 1.82) is 0 Å². The number of aromatic hydroxyl groups is 1. The van der Waals surface area contributed by atoms with Gasteiger partial charge in [0.25, 0.3) is 0 Å². The zero-order valence-corrected chi connectivity index (χ0v) is 21.1. The van der Waals surface area contributed by atoms with Gasteiger partial charge in [-0.2, -0.15) is 13.9 Å². The molecule has 37 heavy (non-hydrogen) atoms. The number of halogens is 3. The van der Waals surface area contributed by atoms with E-state index in [-0.39, 0.29) is 22.7 Å². The molecule has 0 unspecified atom stereocenters. The number of hydrogen-bond acceptors (Lipinski definition) is 8. The molecule has 2 saturated heterocycles. The van der Waals surface area contributed by atoms with E-state index >= 15 is 4.39 Å². The molecule has 0 radical (unpaired) electrons. The second kappa shape index (κ2) is 8.70. The number of hydrogen-bond donors (Lipinski definition) is 3. The van der Waals surface area contributed by atoms with E-state index in [1.807, 2.05) is 0 Å². The smallest absolute Gasteiger partial charge is 0.303 e. The monoisotopic (exact) mass is 517 g/mol. The number of pyridine rings is 1. The molecule has 3 N–H and O–H groups in total. The normalized spacial score (nSPS) is 18.3. The van der Waals surface area contributed by atoms with E-state index in [0.29, 0.717) is 35.5 Å². The van der Waals surface area contributed by atoms with Gasteiger partial charge in [0.05, 0.1) is 30.5 Å². The number of benzene rings is 1. The molecule has 1 aromatic carbocycles. The van der Waals surface area contributed by atoms with Gasteiger partial charge in [-0.1, -0.05) is 12.1 Å². The highest BCUT2D eigenvalue weighted by Crippen LogP contribution is 2.44. The lowest BCUT2D eigenvalue weighted by molar-refractivity contribution is -0.170. The molecule has 4 heterocycles. The summed E-state index contributed by atoms with van der Waals surface area (Å²) in [6.07, 6.45) is 0.950. The van der Waals surface area contributed by atoms with Gasteiger partial charge >= 0.3 is 5.92 Å². The maximum absolute atomic E-state index is 15.3. The van der Waals surface area contributed by atoms with Crippen LogP contribution in [0, 0.1) is 18.2 Å². The number of rotatable bonds is 6. The summed E-state index contributed by atoms with van der Waals surface area (Å²) < 4.78 is 50.3. The molecule has 2 aliphatic rings. The second-order valence-corrected chi connectivity index (χ2v) is 10.7. The topological polar surface area (TPSA) is 104 Å². The number of fused-ring (bicyclic) bond motifs is 1. The van der Waals surface area contributed by atoms with E-state index in [9.17, 15) is 19.0 Å². The van der Waals surface area contributed by atoms with E-state index in [4.69, 9.17) is 4.74 Å². The standard InChI is InChI=1S/C26H30F3N5O3/c1-14(16-6-5-7-18(20(16)27)26(28,29)24(3,4)36)30-22-17-10-19(23(35)31-21(17)15(2)32-33-22)34-9-8-25(11-34)12-37-13-25/h5-7,10,14,36H,8-9,11-13H2,1-4H3,(H,30,33)(H,31,35)/t14-/m1/s1. The molecule has 1 spiro atoms. The summed E-state index contributed by atoms with van der Waals surface area (Å²) in [6, 6.07) is 4.70. The van der Waals surface area contributed by atoms with Crippen molar-refractivity contribution in [3.8, 4) is 5.88 Å². The third-order valence-corrected chi connectivity index (χ3v) is 7.43. The number of aromatic nitrogens is 3. The first-order chi connectivity index (χ1) is 17.3. The van der Waals surface area contributed by atoms with Gasteiger partial charge in [-0.25, -0.2) is 9.37 Å². The predicted octanol–water partition coefficient (Wildman–Crippen LogP) is 4.44. The van der Waals surface area contributed by atoms with Gasteiger partial charge in [-0.05, 0) is 46.2 Å². The van der Waals surface area contributed by atoms with Gasteiger partial charge in [0, 0.05) is 29.5 Å². The number of nitrogens with zero attached hydrogens (tertiary/aromatic N) is 4. The Morgan fingerprint density at radius 1 is 1.22 bits per heavy atom. The highest BCUT2D eigenvalue weighted by molar-refractivity contribution is 5.93. The summed E-state index contributed by atoms with van der Waals surface area (Å²) in [6.45, 7) is 8.07. The maximum Gasteiger partial charge on any atom is 0.303 e. The number of nitrogens with one attached hydrogen (secondary N) is 1. The minimum Gasteiger partial charge on any atom is -0.492 e. The van der Waals surface area contributed by atoms with E-state index < -0.39 is 28.9 Å². The van der Waals surface area contributed by atoms with Crippen LogP contribution in [0.5, 0.6) is 5.88 Å². The molecular formula is C26H30F3N5O3. The van der Waals surface area contributed by atoms with Crippen LogP contribution in [-0.4, -0.2) is 57.3 Å². The van der Waals surface area contributed by atoms with Gasteiger partial charge in [0.15, 0.2) is 5.82 Å². The van der Waals surface area contributed by atoms with Crippen molar-refractivity contribution in [3.63, 3.8) is 0 Å². The van der Waals surface area contributed by atoms with Crippen molar-refractivity contribution in [3.05, 3.63) is 46.9 Å². The fourth-order valence-corrected chi connectivity index (χ4v) is 5.02. The molecule has 0 amide bonds. The molecule has 2 aromatic heterocycles. The number of ether oxygens (including phenoxy) is 1. The van der Waals surface area contributed by atoms with Crippen LogP contribution < -0.4 is 10.2 Å².